The van der Waals surface area contributed by atoms with Crippen molar-refractivity contribution in [1.82, 2.24) is 0 Å². The number of anilines is 2. The maximum Gasteiger partial charge on any atom is 0.338 e. The third-order valence-corrected chi connectivity index (χ3v) is 6.05. The van der Waals surface area contributed by atoms with Gasteiger partial charge in [-0.3, -0.25) is 9.10 Å². The Hall–Kier alpha value is -2.58. The average molecular weight is 409 g/mol. The average Bonchev–Trinajstić information content (AvgIpc) is 3.01. The van der Waals surface area contributed by atoms with Crippen molar-refractivity contribution in [2.75, 3.05) is 28.5 Å². The van der Waals surface area contributed by atoms with Gasteiger partial charge in [-0.1, -0.05) is 17.7 Å². The normalized spacial score (nSPS) is 15.4. The Balaban J connectivity index is 1.60. The van der Waals surface area contributed by atoms with Crippen molar-refractivity contribution in [2.24, 2.45) is 0 Å². The second-order valence-corrected chi connectivity index (χ2v) is 8.37. The van der Waals surface area contributed by atoms with Gasteiger partial charge in [0.15, 0.2) is 6.61 Å². The zero-order chi connectivity index (χ0) is 19.4. The van der Waals surface area contributed by atoms with Crippen molar-refractivity contribution in [3.05, 3.63) is 59.1 Å². The molecular formula is C18H17ClN2O5S. The molecule has 142 valence electrons. The largest absolute Gasteiger partial charge is 0.452 e. The van der Waals surface area contributed by atoms with E-state index in [-0.39, 0.29) is 11.3 Å². The van der Waals surface area contributed by atoms with Crippen LogP contribution >= 0.6 is 11.6 Å². The van der Waals surface area contributed by atoms with E-state index in [2.05, 4.69) is 5.32 Å². The second kappa shape index (κ2) is 7.98. The topological polar surface area (TPSA) is 92.8 Å². The van der Waals surface area contributed by atoms with Crippen molar-refractivity contribution in [1.29, 1.82) is 0 Å². The first kappa shape index (κ1) is 19.2. The number of sulfonamides is 1. The molecule has 3 rings (SSSR count). The third kappa shape index (κ3) is 4.78. The van der Waals surface area contributed by atoms with Gasteiger partial charge in [0.05, 0.1) is 17.0 Å². The quantitative estimate of drug-likeness (QED) is 0.768. The lowest BCUT2D eigenvalue weighted by atomic mass is 10.2. The highest BCUT2D eigenvalue weighted by atomic mass is 35.5. The fourth-order valence-electron chi connectivity index (χ4n) is 2.66. The highest BCUT2D eigenvalue weighted by molar-refractivity contribution is 7.93. The van der Waals surface area contributed by atoms with Gasteiger partial charge in [-0.25, -0.2) is 13.2 Å². The van der Waals surface area contributed by atoms with E-state index in [0.717, 1.165) is 0 Å². The van der Waals surface area contributed by atoms with Crippen molar-refractivity contribution < 1.29 is 22.7 Å². The fraction of sp³-hybridized carbons (Fsp3) is 0.222. The summed E-state index contributed by atoms with van der Waals surface area (Å²) >= 11 is 5.77. The van der Waals surface area contributed by atoms with Gasteiger partial charge < -0.3 is 10.1 Å². The molecule has 0 unspecified atom stereocenters. The van der Waals surface area contributed by atoms with Gasteiger partial charge in [-0.2, -0.15) is 0 Å². The summed E-state index contributed by atoms with van der Waals surface area (Å²) in [7, 11) is -3.34. The number of hydrogen-bond acceptors (Lipinski definition) is 5. The molecule has 0 bridgehead atoms. The van der Waals surface area contributed by atoms with Crippen molar-refractivity contribution in [2.45, 2.75) is 6.42 Å². The van der Waals surface area contributed by atoms with Crippen LogP contribution in [0.1, 0.15) is 16.8 Å². The van der Waals surface area contributed by atoms with Gasteiger partial charge in [-0.05, 0) is 48.9 Å². The monoisotopic (exact) mass is 408 g/mol. The first-order chi connectivity index (χ1) is 12.8. The summed E-state index contributed by atoms with van der Waals surface area (Å²) in [6.07, 6.45) is 0.544. The summed E-state index contributed by atoms with van der Waals surface area (Å²) in [6.45, 7) is -0.0853. The lowest BCUT2D eigenvalue weighted by Crippen LogP contribution is -2.25. The lowest BCUT2D eigenvalue weighted by Gasteiger charge is -2.17. The minimum atomic E-state index is -3.34. The van der Waals surface area contributed by atoms with Crippen molar-refractivity contribution in [3.63, 3.8) is 0 Å². The first-order valence-corrected chi connectivity index (χ1v) is 10.2. The molecule has 1 saturated heterocycles. The van der Waals surface area contributed by atoms with E-state index >= 15 is 0 Å². The van der Waals surface area contributed by atoms with Crippen LogP contribution in [0.5, 0.6) is 0 Å². The molecule has 1 amide bonds. The predicted molar refractivity (Wildman–Crippen MR) is 103 cm³/mol. The number of esters is 1. The van der Waals surface area contributed by atoms with Crippen LogP contribution in [-0.4, -0.2) is 39.2 Å². The molecular weight excluding hydrogens is 392 g/mol. The molecule has 1 N–H and O–H groups in total. The van der Waals surface area contributed by atoms with E-state index in [9.17, 15) is 18.0 Å². The molecule has 1 aliphatic rings. The van der Waals surface area contributed by atoms with Gasteiger partial charge in [-0.15, -0.1) is 0 Å². The number of halogens is 1. The van der Waals surface area contributed by atoms with Crippen LogP contribution in [0.15, 0.2) is 48.5 Å². The minimum absolute atomic E-state index is 0.0898. The Kier molecular flexibility index (Phi) is 5.67. The van der Waals surface area contributed by atoms with Crippen LogP contribution in [0.3, 0.4) is 0 Å². The summed E-state index contributed by atoms with van der Waals surface area (Å²) in [5.41, 5.74) is 1.11. The summed E-state index contributed by atoms with van der Waals surface area (Å²) < 4.78 is 30.3. The second-order valence-electron chi connectivity index (χ2n) is 5.92. The Morgan fingerprint density at radius 2 is 1.89 bits per heavy atom. The molecule has 9 heteroatoms. The van der Waals surface area contributed by atoms with E-state index in [1.165, 1.54) is 16.4 Å². The molecule has 0 aromatic heterocycles. The highest BCUT2D eigenvalue weighted by Crippen LogP contribution is 2.25. The minimum Gasteiger partial charge on any atom is -0.452 e. The molecule has 0 atom stereocenters. The van der Waals surface area contributed by atoms with E-state index in [1.54, 1.807) is 36.4 Å². The van der Waals surface area contributed by atoms with Gasteiger partial charge in [0.2, 0.25) is 10.0 Å². The number of ether oxygens (including phenoxy) is 1. The number of rotatable bonds is 5. The maximum atomic E-state index is 12.2. The lowest BCUT2D eigenvalue weighted by molar-refractivity contribution is -0.119. The predicted octanol–water partition coefficient (Wildman–Crippen LogP) is 2.68. The van der Waals surface area contributed by atoms with Gasteiger partial charge >= 0.3 is 5.97 Å². The molecule has 0 radical (unpaired) electrons. The number of hydrogen-bond donors (Lipinski definition) is 1. The van der Waals surface area contributed by atoms with Gasteiger partial charge in [0.25, 0.3) is 5.91 Å². The molecule has 0 spiro atoms. The molecule has 0 aliphatic carbocycles. The smallest absolute Gasteiger partial charge is 0.338 e. The molecule has 1 heterocycles. The number of nitrogens with one attached hydrogen (secondary N) is 1. The zero-order valence-electron chi connectivity index (χ0n) is 14.2. The molecule has 1 fully saturated rings. The first-order valence-electron chi connectivity index (χ1n) is 8.18. The fourth-order valence-corrected chi connectivity index (χ4v) is 4.34. The molecule has 0 saturated carbocycles. The van der Waals surface area contributed by atoms with E-state index in [4.69, 9.17) is 16.3 Å². The highest BCUT2D eigenvalue weighted by Gasteiger charge is 2.28. The van der Waals surface area contributed by atoms with Gasteiger partial charge in [0.1, 0.15) is 0 Å². The number of carbonyl (C=O) groups is 2. The van der Waals surface area contributed by atoms with E-state index in [0.29, 0.717) is 29.4 Å². The third-order valence-electron chi connectivity index (χ3n) is 3.93. The van der Waals surface area contributed by atoms with E-state index in [1.807, 2.05) is 0 Å². The summed E-state index contributed by atoms with van der Waals surface area (Å²) in [4.78, 5) is 24.1. The molecule has 2 aromatic carbocycles. The van der Waals surface area contributed by atoms with Crippen LogP contribution in [0, 0.1) is 0 Å². The standard InChI is InChI=1S/C18H17ClN2O5S/c19-14-5-7-15(8-6-14)20-17(22)12-26-18(23)13-3-1-4-16(11-13)21-9-2-10-27(21,24)25/h1,3-8,11H,2,9-10,12H2,(H,20,22). The van der Waals surface area contributed by atoms with Crippen LogP contribution < -0.4 is 9.62 Å². The summed E-state index contributed by atoms with van der Waals surface area (Å²) in [5.74, 6) is -1.12. The number of nitrogens with zero attached hydrogens (tertiary/aromatic N) is 1. The Labute approximate surface area is 161 Å². The Morgan fingerprint density at radius 1 is 1.15 bits per heavy atom. The molecule has 1 aliphatic heterocycles. The summed E-state index contributed by atoms with van der Waals surface area (Å²) in [5, 5.41) is 3.12. The van der Waals surface area contributed by atoms with Crippen LogP contribution in [0.4, 0.5) is 11.4 Å². The Morgan fingerprint density at radius 3 is 2.56 bits per heavy atom. The van der Waals surface area contributed by atoms with Crippen LogP contribution in [-0.2, 0) is 19.6 Å². The number of amides is 1. The van der Waals surface area contributed by atoms with Crippen LogP contribution in [0.2, 0.25) is 5.02 Å². The molecule has 7 nitrogen and oxygen atoms in total. The van der Waals surface area contributed by atoms with Crippen molar-refractivity contribution >= 4 is 44.9 Å². The van der Waals surface area contributed by atoms with Gasteiger partial charge in [0, 0.05) is 17.3 Å². The molecule has 27 heavy (non-hydrogen) atoms. The SMILES string of the molecule is O=C(COC(=O)c1cccc(N2CCCS2(=O)=O)c1)Nc1ccc(Cl)cc1. The summed E-state index contributed by atoms with van der Waals surface area (Å²) in [6, 6.07) is 12.7. The zero-order valence-corrected chi connectivity index (χ0v) is 15.8. The van der Waals surface area contributed by atoms with E-state index < -0.39 is 28.5 Å². The number of benzene rings is 2. The maximum absolute atomic E-state index is 12.2. The van der Waals surface area contributed by atoms with Crippen LogP contribution in [0.25, 0.3) is 0 Å². The number of carbonyl (C=O) groups excluding carboxylic acids is 2. The Bertz CT molecular complexity index is 960. The van der Waals surface area contributed by atoms with Crippen molar-refractivity contribution in [3.8, 4) is 0 Å². The molecule has 2 aromatic rings.